The normalized spacial score (nSPS) is 25.0. The van der Waals surface area contributed by atoms with E-state index in [0.717, 1.165) is 5.69 Å². The molecule has 0 amide bonds. The molecule has 150 valence electrons. The van der Waals surface area contributed by atoms with Gasteiger partial charge in [0, 0.05) is 56.3 Å². The number of fused-ring (bicyclic) bond motifs is 1. The zero-order valence-corrected chi connectivity index (χ0v) is 16.2. The van der Waals surface area contributed by atoms with Gasteiger partial charge in [0.1, 0.15) is 5.69 Å². The van der Waals surface area contributed by atoms with Crippen molar-refractivity contribution >= 4 is 10.9 Å². The van der Waals surface area contributed by atoms with Crippen molar-refractivity contribution in [2.24, 2.45) is 13.0 Å². The van der Waals surface area contributed by atoms with Crippen LogP contribution >= 0.6 is 0 Å². The second kappa shape index (κ2) is 8.00. The van der Waals surface area contributed by atoms with Gasteiger partial charge in [0.2, 0.25) is 0 Å². The van der Waals surface area contributed by atoms with E-state index in [0.29, 0.717) is 26.1 Å². The third-order valence-electron chi connectivity index (χ3n) is 5.64. The molecule has 8 nitrogen and oxygen atoms in total. The summed E-state index contributed by atoms with van der Waals surface area (Å²) in [6, 6.07) is 8.10. The van der Waals surface area contributed by atoms with Crippen molar-refractivity contribution in [1.29, 1.82) is 0 Å². The molecule has 0 aliphatic heterocycles. The average molecular weight is 385 g/mol. The number of nitrogens with zero attached hydrogens (tertiary/aromatic N) is 4. The fraction of sp³-hybridized carbons (Fsp3) is 0.500. The Morgan fingerprint density at radius 1 is 1.21 bits per heavy atom. The molecule has 4 atom stereocenters. The zero-order valence-electron chi connectivity index (χ0n) is 16.2. The van der Waals surface area contributed by atoms with E-state index in [-0.39, 0.29) is 12.0 Å². The molecule has 1 aliphatic carbocycles. The van der Waals surface area contributed by atoms with Crippen molar-refractivity contribution in [2.75, 3.05) is 7.11 Å². The standard InChI is InChI=1S/C20H27N5O3/c1-24-9-14(16-5-3-4-6-18(16)24)8-21-17-7-13(19(26)20(17)27)10-25-11-15(12-28-2)22-23-25/h3-6,9,11,13,17,19-21,26-27H,7-8,10,12H2,1-2H3/t13-,17-,19-,20+/m1/s1. The highest BCUT2D eigenvalue weighted by atomic mass is 16.5. The number of rotatable bonds is 7. The van der Waals surface area contributed by atoms with Gasteiger partial charge in [-0.3, -0.25) is 4.68 Å². The summed E-state index contributed by atoms with van der Waals surface area (Å²) in [5, 5.41) is 33.8. The quantitative estimate of drug-likeness (QED) is 0.557. The second-order valence-electron chi connectivity index (χ2n) is 7.61. The van der Waals surface area contributed by atoms with Crippen molar-refractivity contribution in [3.8, 4) is 0 Å². The SMILES string of the molecule is COCc1cn(C[C@H]2C[C@@H](NCc3cn(C)c4ccccc34)[C@H](O)[C@@H]2O)nn1. The maximum absolute atomic E-state index is 10.5. The van der Waals surface area contributed by atoms with Gasteiger partial charge < -0.3 is 24.8 Å². The number of aromatic nitrogens is 4. The maximum atomic E-state index is 10.5. The predicted molar refractivity (Wildman–Crippen MR) is 104 cm³/mol. The number of ether oxygens (including phenoxy) is 1. The molecule has 1 saturated carbocycles. The summed E-state index contributed by atoms with van der Waals surface area (Å²) in [5.41, 5.74) is 3.12. The lowest BCUT2D eigenvalue weighted by Crippen LogP contribution is -2.39. The number of benzene rings is 1. The van der Waals surface area contributed by atoms with E-state index in [4.69, 9.17) is 4.74 Å². The number of aliphatic hydroxyl groups is 2. The molecular formula is C20H27N5O3. The molecule has 0 spiro atoms. The minimum Gasteiger partial charge on any atom is -0.390 e. The monoisotopic (exact) mass is 385 g/mol. The fourth-order valence-corrected chi connectivity index (χ4v) is 4.20. The number of para-hydroxylation sites is 1. The van der Waals surface area contributed by atoms with Crippen molar-refractivity contribution in [2.45, 2.75) is 44.4 Å². The minimum absolute atomic E-state index is 0.0860. The molecule has 8 heteroatoms. The molecule has 2 heterocycles. The summed E-state index contributed by atoms with van der Waals surface area (Å²) in [4.78, 5) is 0. The zero-order chi connectivity index (χ0) is 19.7. The van der Waals surface area contributed by atoms with Gasteiger partial charge in [-0.1, -0.05) is 23.4 Å². The van der Waals surface area contributed by atoms with Gasteiger partial charge in [0.25, 0.3) is 0 Å². The highest BCUT2D eigenvalue weighted by Gasteiger charge is 2.41. The van der Waals surface area contributed by atoms with E-state index in [2.05, 4.69) is 38.5 Å². The van der Waals surface area contributed by atoms with Gasteiger partial charge in [0.15, 0.2) is 0 Å². The number of methoxy groups -OCH3 is 1. The van der Waals surface area contributed by atoms with Crippen molar-refractivity contribution in [3.05, 3.63) is 47.9 Å². The van der Waals surface area contributed by atoms with Gasteiger partial charge in [-0.05, 0) is 18.1 Å². The summed E-state index contributed by atoms with van der Waals surface area (Å²) < 4.78 is 8.87. The van der Waals surface area contributed by atoms with Crippen LogP contribution < -0.4 is 5.32 Å². The third kappa shape index (κ3) is 3.68. The highest BCUT2D eigenvalue weighted by molar-refractivity contribution is 5.83. The van der Waals surface area contributed by atoms with Gasteiger partial charge in [-0.2, -0.15) is 0 Å². The van der Waals surface area contributed by atoms with Crippen LogP contribution in [0.15, 0.2) is 36.7 Å². The molecule has 1 aromatic carbocycles. The fourth-order valence-electron chi connectivity index (χ4n) is 4.20. The van der Waals surface area contributed by atoms with E-state index < -0.39 is 12.2 Å². The van der Waals surface area contributed by atoms with Crippen molar-refractivity contribution in [3.63, 3.8) is 0 Å². The summed E-state index contributed by atoms with van der Waals surface area (Å²) in [6.45, 7) is 1.57. The Labute approximate surface area is 163 Å². The van der Waals surface area contributed by atoms with Crippen LogP contribution in [-0.4, -0.2) is 55.1 Å². The van der Waals surface area contributed by atoms with Gasteiger partial charge in [-0.15, -0.1) is 5.10 Å². The Bertz CT molecular complexity index is 937. The van der Waals surface area contributed by atoms with Gasteiger partial charge in [0.05, 0.1) is 25.0 Å². The van der Waals surface area contributed by atoms with Gasteiger partial charge >= 0.3 is 0 Å². The molecule has 0 radical (unpaired) electrons. The Hall–Kier alpha value is -2.26. The first kappa shape index (κ1) is 19.1. The van der Waals surface area contributed by atoms with Crippen LogP contribution in [0.2, 0.25) is 0 Å². The maximum Gasteiger partial charge on any atom is 0.108 e. The Morgan fingerprint density at radius 3 is 2.86 bits per heavy atom. The summed E-state index contributed by atoms with van der Waals surface area (Å²) in [5.74, 6) is -0.0860. The first-order valence-electron chi connectivity index (χ1n) is 9.57. The van der Waals surface area contributed by atoms with E-state index in [1.165, 1.54) is 16.5 Å². The second-order valence-corrected chi connectivity index (χ2v) is 7.61. The average Bonchev–Trinajstić information content (AvgIpc) is 3.34. The predicted octanol–water partition coefficient (Wildman–Crippen LogP) is 0.816. The summed E-state index contributed by atoms with van der Waals surface area (Å²) in [6.07, 6.45) is 3.01. The molecule has 3 N–H and O–H groups in total. The van der Waals surface area contributed by atoms with E-state index in [1.807, 2.05) is 25.4 Å². The Kier molecular flexibility index (Phi) is 5.45. The van der Waals surface area contributed by atoms with Crippen molar-refractivity contribution < 1.29 is 14.9 Å². The smallest absolute Gasteiger partial charge is 0.108 e. The summed E-state index contributed by atoms with van der Waals surface area (Å²) >= 11 is 0. The van der Waals surface area contributed by atoms with Gasteiger partial charge in [-0.25, -0.2) is 0 Å². The van der Waals surface area contributed by atoms with Crippen LogP contribution in [0.4, 0.5) is 0 Å². The number of nitrogens with one attached hydrogen (secondary N) is 1. The number of aryl methyl sites for hydroxylation is 1. The van der Waals surface area contributed by atoms with Crippen LogP contribution in [0.25, 0.3) is 10.9 Å². The molecule has 0 saturated heterocycles. The van der Waals surface area contributed by atoms with E-state index >= 15 is 0 Å². The molecule has 0 bridgehead atoms. The lowest BCUT2D eigenvalue weighted by atomic mass is 10.1. The van der Waals surface area contributed by atoms with Crippen LogP contribution in [0.1, 0.15) is 17.7 Å². The van der Waals surface area contributed by atoms with Crippen LogP contribution in [0.3, 0.4) is 0 Å². The van der Waals surface area contributed by atoms with Crippen LogP contribution in [-0.2, 0) is 31.5 Å². The molecular weight excluding hydrogens is 358 g/mol. The number of aliphatic hydroxyl groups excluding tert-OH is 2. The molecule has 1 fully saturated rings. The minimum atomic E-state index is -0.804. The first-order valence-corrected chi connectivity index (χ1v) is 9.57. The van der Waals surface area contributed by atoms with Crippen LogP contribution in [0, 0.1) is 5.92 Å². The largest absolute Gasteiger partial charge is 0.390 e. The summed E-state index contributed by atoms with van der Waals surface area (Å²) in [7, 11) is 3.65. The highest BCUT2D eigenvalue weighted by Crippen LogP contribution is 2.29. The Balaban J connectivity index is 1.40. The van der Waals surface area contributed by atoms with Crippen molar-refractivity contribution in [1.82, 2.24) is 24.9 Å². The Morgan fingerprint density at radius 2 is 2.04 bits per heavy atom. The number of hydrogen-bond acceptors (Lipinski definition) is 6. The topological polar surface area (TPSA) is 97.4 Å². The molecule has 28 heavy (non-hydrogen) atoms. The molecule has 3 aromatic rings. The van der Waals surface area contributed by atoms with Crippen LogP contribution in [0.5, 0.6) is 0 Å². The lowest BCUT2D eigenvalue weighted by molar-refractivity contribution is 0.00723. The molecule has 0 unspecified atom stereocenters. The molecule has 2 aromatic heterocycles. The molecule has 1 aliphatic rings. The number of hydrogen-bond donors (Lipinski definition) is 3. The van der Waals surface area contributed by atoms with E-state index in [1.54, 1.807) is 11.8 Å². The molecule has 4 rings (SSSR count). The lowest BCUT2D eigenvalue weighted by Gasteiger charge is -2.18. The first-order chi connectivity index (χ1) is 13.6. The van der Waals surface area contributed by atoms with E-state index in [9.17, 15) is 10.2 Å². The third-order valence-corrected chi connectivity index (χ3v) is 5.64.